The summed E-state index contributed by atoms with van der Waals surface area (Å²) < 4.78 is 50.7. The summed E-state index contributed by atoms with van der Waals surface area (Å²) in [5.41, 5.74) is 4.10. The van der Waals surface area contributed by atoms with Gasteiger partial charge in [-0.2, -0.15) is 13.2 Å². The van der Waals surface area contributed by atoms with Crippen LogP contribution in [0.3, 0.4) is 0 Å². The number of rotatable bonds is 1. The smallest absolute Gasteiger partial charge is 0.399 e. The molecule has 0 spiro atoms. The quantitative estimate of drug-likeness (QED) is 0.641. The fourth-order valence-electron chi connectivity index (χ4n) is 2.17. The minimum absolute atomic E-state index is 0.0165. The SMILES string of the molecule is Cc1c(N)cc(B2OC(C)(C)C(C)(C)O2)cc1C(F)(F)F. The van der Waals surface area contributed by atoms with Gasteiger partial charge >= 0.3 is 13.3 Å². The zero-order valence-corrected chi connectivity index (χ0v) is 12.8. The van der Waals surface area contributed by atoms with Crippen LogP contribution < -0.4 is 11.2 Å². The van der Waals surface area contributed by atoms with Crippen molar-refractivity contribution in [2.75, 3.05) is 5.73 Å². The molecule has 1 aliphatic rings. The van der Waals surface area contributed by atoms with E-state index in [9.17, 15) is 13.2 Å². The van der Waals surface area contributed by atoms with E-state index in [1.54, 1.807) is 0 Å². The molecule has 1 fully saturated rings. The Balaban J connectivity index is 2.46. The minimum Gasteiger partial charge on any atom is -0.399 e. The second kappa shape index (κ2) is 4.65. The van der Waals surface area contributed by atoms with Gasteiger partial charge in [0.05, 0.1) is 16.8 Å². The Kier molecular flexibility index (Phi) is 3.58. The monoisotopic (exact) mass is 301 g/mol. The number of hydrogen-bond acceptors (Lipinski definition) is 3. The average Bonchev–Trinajstić information content (AvgIpc) is 2.50. The molecule has 1 saturated heterocycles. The van der Waals surface area contributed by atoms with Crippen LogP contribution in [-0.2, 0) is 15.5 Å². The van der Waals surface area contributed by atoms with Crippen LogP contribution in [0, 0.1) is 6.92 Å². The lowest BCUT2D eigenvalue weighted by Gasteiger charge is -2.32. The Morgan fingerprint density at radius 1 is 1.05 bits per heavy atom. The van der Waals surface area contributed by atoms with E-state index in [1.165, 1.54) is 13.0 Å². The van der Waals surface area contributed by atoms with Crippen molar-refractivity contribution in [3.8, 4) is 0 Å². The summed E-state index contributed by atoms with van der Waals surface area (Å²) in [6.45, 7) is 8.72. The van der Waals surface area contributed by atoms with E-state index in [0.717, 1.165) is 6.07 Å². The maximum atomic E-state index is 13.1. The Hall–Kier alpha value is -1.21. The van der Waals surface area contributed by atoms with E-state index in [0.29, 0.717) is 0 Å². The largest absolute Gasteiger partial charge is 0.494 e. The fraction of sp³-hybridized carbons (Fsp3) is 0.571. The molecule has 2 N–H and O–H groups in total. The van der Waals surface area contributed by atoms with Crippen molar-refractivity contribution < 1.29 is 22.5 Å². The standard InChI is InChI=1S/C14H19BF3NO2/c1-8-10(14(16,17)18)6-9(7-11(8)19)15-20-12(2,3)13(4,5)21-15/h6-7H,19H2,1-5H3. The van der Waals surface area contributed by atoms with Crippen molar-refractivity contribution in [3.05, 3.63) is 23.3 Å². The van der Waals surface area contributed by atoms with Gasteiger partial charge in [0.25, 0.3) is 0 Å². The molecule has 116 valence electrons. The molecule has 0 aliphatic carbocycles. The topological polar surface area (TPSA) is 44.5 Å². The summed E-state index contributed by atoms with van der Waals surface area (Å²) in [5, 5.41) is 0. The highest BCUT2D eigenvalue weighted by Gasteiger charge is 2.52. The van der Waals surface area contributed by atoms with E-state index in [2.05, 4.69) is 0 Å². The van der Waals surface area contributed by atoms with Gasteiger partial charge in [0.1, 0.15) is 0 Å². The molecule has 0 bridgehead atoms. The van der Waals surface area contributed by atoms with Crippen LogP contribution in [0.2, 0.25) is 0 Å². The van der Waals surface area contributed by atoms with E-state index in [-0.39, 0.29) is 16.7 Å². The first kappa shape index (κ1) is 16.2. The Morgan fingerprint density at radius 2 is 1.52 bits per heavy atom. The van der Waals surface area contributed by atoms with E-state index in [1.807, 2.05) is 27.7 Å². The molecule has 1 heterocycles. The molecule has 2 rings (SSSR count). The molecule has 21 heavy (non-hydrogen) atoms. The van der Waals surface area contributed by atoms with E-state index < -0.39 is 30.1 Å². The number of anilines is 1. The summed E-state index contributed by atoms with van der Waals surface area (Å²) >= 11 is 0. The van der Waals surface area contributed by atoms with Crippen molar-refractivity contribution in [1.82, 2.24) is 0 Å². The first-order valence-electron chi connectivity index (χ1n) is 6.68. The van der Waals surface area contributed by atoms with Crippen molar-refractivity contribution in [1.29, 1.82) is 0 Å². The number of hydrogen-bond donors (Lipinski definition) is 1. The van der Waals surface area contributed by atoms with Crippen molar-refractivity contribution >= 4 is 18.3 Å². The Morgan fingerprint density at radius 3 is 1.95 bits per heavy atom. The van der Waals surface area contributed by atoms with Crippen molar-refractivity contribution in [2.24, 2.45) is 0 Å². The molecule has 0 aromatic heterocycles. The second-order valence-electron chi connectivity index (χ2n) is 6.37. The molecule has 0 amide bonds. The van der Waals surface area contributed by atoms with Crippen LogP contribution in [0.25, 0.3) is 0 Å². The van der Waals surface area contributed by atoms with Gasteiger partial charge in [0.2, 0.25) is 0 Å². The molecular formula is C14H19BF3NO2. The lowest BCUT2D eigenvalue weighted by Crippen LogP contribution is -2.41. The van der Waals surface area contributed by atoms with Gasteiger partial charge in [-0.3, -0.25) is 0 Å². The first-order chi connectivity index (χ1) is 9.35. The number of halogens is 3. The van der Waals surface area contributed by atoms with Crippen LogP contribution >= 0.6 is 0 Å². The highest BCUT2D eigenvalue weighted by molar-refractivity contribution is 6.62. The van der Waals surface area contributed by atoms with E-state index in [4.69, 9.17) is 15.0 Å². The number of nitrogen functional groups attached to an aromatic ring is 1. The molecule has 1 aliphatic heterocycles. The van der Waals surface area contributed by atoms with Gasteiger partial charge in [-0.05, 0) is 57.8 Å². The third kappa shape index (κ3) is 2.76. The third-order valence-corrected chi connectivity index (χ3v) is 4.30. The highest BCUT2D eigenvalue weighted by atomic mass is 19.4. The molecule has 1 aromatic carbocycles. The highest BCUT2D eigenvalue weighted by Crippen LogP contribution is 2.38. The summed E-state index contributed by atoms with van der Waals surface area (Å²) in [6.07, 6.45) is -4.46. The number of benzene rings is 1. The van der Waals surface area contributed by atoms with Gasteiger partial charge in [0.15, 0.2) is 0 Å². The molecule has 0 atom stereocenters. The lowest BCUT2D eigenvalue weighted by molar-refractivity contribution is -0.137. The molecule has 3 nitrogen and oxygen atoms in total. The van der Waals surface area contributed by atoms with Crippen molar-refractivity contribution in [2.45, 2.75) is 52.0 Å². The summed E-state index contributed by atoms with van der Waals surface area (Å²) in [5.74, 6) is 0. The van der Waals surface area contributed by atoms with Crippen LogP contribution in [0.15, 0.2) is 12.1 Å². The van der Waals surface area contributed by atoms with Gasteiger partial charge < -0.3 is 15.0 Å². The van der Waals surface area contributed by atoms with Crippen LogP contribution in [0.4, 0.5) is 18.9 Å². The predicted molar refractivity (Wildman–Crippen MR) is 76.3 cm³/mol. The normalized spacial score (nSPS) is 20.9. The van der Waals surface area contributed by atoms with Crippen molar-refractivity contribution in [3.63, 3.8) is 0 Å². The molecule has 1 aromatic rings. The first-order valence-corrected chi connectivity index (χ1v) is 6.68. The molecule has 7 heteroatoms. The average molecular weight is 301 g/mol. The predicted octanol–water partition coefficient (Wildman–Crippen LogP) is 2.90. The van der Waals surface area contributed by atoms with E-state index >= 15 is 0 Å². The maximum absolute atomic E-state index is 13.1. The van der Waals surface area contributed by atoms with Gasteiger partial charge in [-0.25, -0.2) is 0 Å². The molecule has 0 radical (unpaired) electrons. The Bertz CT molecular complexity index is 554. The zero-order valence-electron chi connectivity index (χ0n) is 12.8. The molecular weight excluding hydrogens is 282 g/mol. The third-order valence-electron chi connectivity index (χ3n) is 4.30. The molecule has 0 saturated carbocycles. The van der Waals surface area contributed by atoms with Crippen LogP contribution in [0.5, 0.6) is 0 Å². The number of nitrogens with two attached hydrogens (primary N) is 1. The summed E-state index contributed by atoms with van der Waals surface area (Å²) in [6, 6.07) is 2.53. The maximum Gasteiger partial charge on any atom is 0.494 e. The number of alkyl halides is 3. The lowest BCUT2D eigenvalue weighted by atomic mass is 9.77. The zero-order chi connectivity index (χ0) is 16.2. The Labute approximate surface area is 122 Å². The van der Waals surface area contributed by atoms with Crippen LogP contribution in [0.1, 0.15) is 38.8 Å². The molecule has 0 unspecified atom stereocenters. The van der Waals surface area contributed by atoms with Gasteiger partial charge in [0, 0.05) is 5.69 Å². The summed E-state index contributed by atoms with van der Waals surface area (Å²) in [7, 11) is -0.862. The van der Waals surface area contributed by atoms with Crippen LogP contribution in [-0.4, -0.2) is 18.3 Å². The second-order valence-corrected chi connectivity index (χ2v) is 6.37. The van der Waals surface area contributed by atoms with Gasteiger partial charge in [-0.1, -0.05) is 0 Å². The fourth-order valence-corrected chi connectivity index (χ4v) is 2.17. The summed E-state index contributed by atoms with van der Waals surface area (Å²) in [4.78, 5) is 0. The minimum atomic E-state index is -4.46. The van der Waals surface area contributed by atoms with Gasteiger partial charge in [-0.15, -0.1) is 0 Å².